The highest BCUT2D eigenvalue weighted by Gasteiger charge is 2.21. The molecule has 0 rings (SSSR count). The number of rotatable bonds is 3. The standard InChI is InChI=1S/C3H10B2O2S/c1-4(2)5(7-3)8-6/h6H,1-3H3. The van der Waals surface area contributed by atoms with Gasteiger partial charge in [-0.3, -0.25) is 0 Å². The molecular formula is C3H10B2O2S. The van der Waals surface area contributed by atoms with Crippen molar-refractivity contribution < 1.29 is 9.21 Å². The molecule has 0 saturated heterocycles. The van der Waals surface area contributed by atoms with E-state index in [-0.39, 0.29) is 6.08 Å². The minimum atomic E-state index is -0.0741. The van der Waals surface area contributed by atoms with E-state index in [9.17, 15) is 0 Å². The summed E-state index contributed by atoms with van der Waals surface area (Å²) in [5.41, 5.74) is 0. The maximum Gasteiger partial charge on any atom is 0.349 e. The summed E-state index contributed by atoms with van der Waals surface area (Å²) in [4.78, 5) is 0. The summed E-state index contributed by atoms with van der Waals surface area (Å²) < 4.78 is 13.4. The highest BCUT2D eigenvalue weighted by Crippen LogP contribution is 2.04. The third kappa shape index (κ3) is 2.64. The molecule has 0 amide bonds. The van der Waals surface area contributed by atoms with Crippen LogP contribution >= 0.6 is 11.9 Å². The van der Waals surface area contributed by atoms with E-state index in [2.05, 4.69) is 0 Å². The number of hydrogen-bond acceptors (Lipinski definition) is 3. The summed E-state index contributed by atoms with van der Waals surface area (Å²) in [6.07, 6.45) is -0.0741. The molecule has 0 spiro atoms. The van der Waals surface area contributed by atoms with Gasteiger partial charge in [-0.1, -0.05) is 13.6 Å². The van der Waals surface area contributed by atoms with Crippen molar-refractivity contribution in [3.05, 3.63) is 0 Å². The Morgan fingerprint density at radius 1 is 1.50 bits per heavy atom. The fourth-order valence-electron chi connectivity index (χ4n) is 0.437. The molecule has 0 aromatic carbocycles. The largest absolute Gasteiger partial charge is 0.433 e. The van der Waals surface area contributed by atoms with E-state index in [1.165, 1.54) is 0 Å². The maximum atomic E-state index is 8.49. The lowest BCUT2D eigenvalue weighted by atomic mass is 9.31. The van der Waals surface area contributed by atoms with Crippen LogP contribution in [-0.2, 0) is 4.65 Å². The van der Waals surface area contributed by atoms with Crippen LogP contribution in [0.5, 0.6) is 0 Å². The summed E-state index contributed by atoms with van der Waals surface area (Å²) in [6, 6.07) is 0. The molecule has 5 heteroatoms. The third-order valence-electron chi connectivity index (χ3n) is 0.881. The molecule has 0 aliphatic heterocycles. The molecule has 0 aromatic rings. The van der Waals surface area contributed by atoms with E-state index in [0.29, 0.717) is 6.60 Å². The van der Waals surface area contributed by atoms with E-state index in [0.717, 1.165) is 11.9 Å². The second kappa shape index (κ2) is 4.30. The van der Waals surface area contributed by atoms with Crippen molar-refractivity contribution in [3.63, 3.8) is 0 Å². The van der Waals surface area contributed by atoms with Gasteiger partial charge in [-0.2, -0.15) is 0 Å². The first kappa shape index (κ1) is 8.40. The Morgan fingerprint density at radius 2 is 2.00 bits per heavy atom. The fourth-order valence-corrected chi connectivity index (χ4v) is 0.766. The monoisotopic (exact) mass is 132 g/mol. The molecule has 1 N–H and O–H groups in total. The van der Waals surface area contributed by atoms with Crippen molar-refractivity contribution in [2.45, 2.75) is 13.6 Å². The second-order valence-corrected chi connectivity index (χ2v) is 2.63. The first-order valence-corrected chi connectivity index (χ1v) is 3.39. The lowest BCUT2D eigenvalue weighted by molar-refractivity contribution is 0.446. The molecule has 2 nitrogen and oxygen atoms in total. The van der Waals surface area contributed by atoms with Crippen LogP contribution in [0, 0.1) is 0 Å². The van der Waals surface area contributed by atoms with Crippen LogP contribution in [0.3, 0.4) is 0 Å². The molecule has 0 radical (unpaired) electrons. The molecule has 0 aliphatic carbocycles. The van der Waals surface area contributed by atoms with Crippen molar-refractivity contribution in [2.75, 3.05) is 7.11 Å². The Kier molecular flexibility index (Phi) is 4.51. The SMILES string of the molecule is COB(SO)B(C)C. The van der Waals surface area contributed by atoms with Gasteiger partial charge in [-0.25, -0.2) is 0 Å². The summed E-state index contributed by atoms with van der Waals surface area (Å²) in [6.45, 7) is 4.37. The summed E-state index contributed by atoms with van der Waals surface area (Å²) in [5.74, 6) is 0. The van der Waals surface area contributed by atoms with Gasteiger partial charge in [0.05, 0.1) is 0 Å². The van der Waals surface area contributed by atoms with Crippen molar-refractivity contribution in [2.24, 2.45) is 0 Å². The normalized spacial score (nSPS) is 9.00. The Labute approximate surface area is 55.3 Å². The summed E-state index contributed by atoms with van der Waals surface area (Å²) in [5, 5.41) is 0. The summed E-state index contributed by atoms with van der Waals surface area (Å²) >= 11 is 0.756. The van der Waals surface area contributed by atoms with Crippen LogP contribution in [0.2, 0.25) is 13.6 Å². The molecule has 0 aromatic heterocycles. The van der Waals surface area contributed by atoms with E-state index >= 15 is 0 Å². The quantitative estimate of drug-likeness (QED) is 0.461. The molecule has 0 unspecified atom stereocenters. The van der Waals surface area contributed by atoms with Gasteiger partial charge in [0.1, 0.15) is 0 Å². The molecule has 0 heterocycles. The molecule has 0 atom stereocenters. The Bertz CT molecular complexity index is 57.2. The smallest absolute Gasteiger partial charge is 0.349 e. The molecule has 46 valence electrons. The van der Waals surface area contributed by atoms with Gasteiger partial charge >= 0.3 is 6.08 Å². The molecule has 0 aliphatic rings. The zero-order valence-electron chi connectivity index (χ0n) is 5.42. The van der Waals surface area contributed by atoms with E-state index in [4.69, 9.17) is 9.21 Å². The molecular weight excluding hydrogens is 122 g/mol. The van der Waals surface area contributed by atoms with Crippen LogP contribution in [0.4, 0.5) is 0 Å². The van der Waals surface area contributed by atoms with E-state index < -0.39 is 0 Å². The van der Waals surface area contributed by atoms with Crippen LogP contribution < -0.4 is 0 Å². The summed E-state index contributed by atoms with van der Waals surface area (Å²) in [7, 11) is 1.59. The highest BCUT2D eigenvalue weighted by molar-refractivity contribution is 8.26. The maximum absolute atomic E-state index is 8.49. The second-order valence-electron chi connectivity index (χ2n) is 1.95. The highest BCUT2D eigenvalue weighted by atomic mass is 32.2. The third-order valence-corrected chi connectivity index (χ3v) is 1.83. The average Bonchev–Trinajstić information content (AvgIpc) is 1.69. The topological polar surface area (TPSA) is 29.5 Å². The average molecular weight is 132 g/mol. The van der Waals surface area contributed by atoms with Crippen molar-refractivity contribution in [1.82, 2.24) is 0 Å². The van der Waals surface area contributed by atoms with Crippen molar-refractivity contribution in [1.29, 1.82) is 0 Å². The van der Waals surface area contributed by atoms with Gasteiger partial charge in [0.15, 0.2) is 6.60 Å². The van der Waals surface area contributed by atoms with Gasteiger partial charge in [0, 0.05) is 7.11 Å². The van der Waals surface area contributed by atoms with E-state index in [1.54, 1.807) is 7.11 Å². The van der Waals surface area contributed by atoms with Crippen molar-refractivity contribution in [3.8, 4) is 0 Å². The minimum absolute atomic E-state index is 0.0741. The molecule has 0 saturated carbocycles. The zero-order chi connectivity index (χ0) is 6.57. The van der Waals surface area contributed by atoms with Gasteiger partial charge in [-0.05, 0) is 11.9 Å². The lowest BCUT2D eigenvalue weighted by Crippen LogP contribution is -2.28. The van der Waals surface area contributed by atoms with Gasteiger partial charge in [0.25, 0.3) is 0 Å². The Hall–Kier alpha value is 0.400. The number of hydrogen-bond donors (Lipinski definition) is 1. The van der Waals surface area contributed by atoms with Crippen LogP contribution in [-0.4, -0.2) is 24.4 Å². The van der Waals surface area contributed by atoms with Gasteiger partial charge in [-0.15, -0.1) is 0 Å². The fraction of sp³-hybridized carbons (Fsp3) is 1.00. The van der Waals surface area contributed by atoms with Crippen LogP contribution in [0.15, 0.2) is 0 Å². The van der Waals surface area contributed by atoms with Crippen LogP contribution in [0.1, 0.15) is 0 Å². The van der Waals surface area contributed by atoms with Gasteiger partial charge < -0.3 is 9.21 Å². The van der Waals surface area contributed by atoms with Crippen LogP contribution in [0.25, 0.3) is 0 Å². The minimum Gasteiger partial charge on any atom is -0.433 e. The Balaban J connectivity index is 3.35. The molecule has 0 fully saturated rings. The van der Waals surface area contributed by atoms with E-state index in [1.807, 2.05) is 13.6 Å². The Morgan fingerprint density at radius 3 is 2.00 bits per heavy atom. The molecule has 0 bridgehead atoms. The molecule has 8 heavy (non-hydrogen) atoms. The van der Waals surface area contributed by atoms with Crippen molar-refractivity contribution >= 4 is 24.6 Å². The predicted octanol–water partition coefficient (Wildman–Crippen LogP) is 1.16. The predicted molar refractivity (Wildman–Crippen MR) is 40.5 cm³/mol. The lowest BCUT2D eigenvalue weighted by Gasteiger charge is -2.06. The van der Waals surface area contributed by atoms with Gasteiger partial charge in [0.2, 0.25) is 0 Å². The first-order valence-electron chi connectivity index (χ1n) is 2.55. The zero-order valence-corrected chi connectivity index (χ0v) is 6.23. The first-order chi connectivity index (χ1) is 3.72.